The Balaban J connectivity index is 2.02. The summed E-state index contributed by atoms with van der Waals surface area (Å²) in [5, 5.41) is 3.44. The topological polar surface area (TPSA) is 24.9 Å². The molecule has 0 radical (unpaired) electrons. The van der Waals surface area contributed by atoms with Gasteiger partial charge in [0.2, 0.25) is 0 Å². The number of rotatable bonds is 4. The Morgan fingerprint density at radius 1 is 1.25 bits per heavy atom. The standard InChI is InChI=1S/C14H22N2/c1-2-3-4-8-13-10-9-12-7-5-6-11-15-14(12)16-13/h9-10H,2-8,11H2,1H3,(H,15,16). The Kier molecular flexibility index (Phi) is 4.20. The second kappa shape index (κ2) is 5.88. The highest BCUT2D eigenvalue weighted by molar-refractivity contribution is 5.45. The molecule has 0 aromatic carbocycles. The zero-order valence-corrected chi connectivity index (χ0v) is 10.3. The molecule has 2 heterocycles. The first-order chi connectivity index (χ1) is 7.90. The summed E-state index contributed by atoms with van der Waals surface area (Å²) in [5.41, 5.74) is 2.65. The van der Waals surface area contributed by atoms with E-state index in [1.165, 1.54) is 49.8 Å². The first-order valence-electron chi connectivity index (χ1n) is 6.63. The van der Waals surface area contributed by atoms with Crippen LogP contribution < -0.4 is 5.32 Å². The van der Waals surface area contributed by atoms with Crippen LogP contribution in [0.25, 0.3) is 0 Å². The largest absolute Gasteiger partial charge is 0.370 e. The van der Waals surface area contributed by atoms with Crippen molar-refractivity contribution in [3.8, 4) is 0 Å². The summed E-state index contributed by atoms with van der Waals surface area (Å²) in [7, 11) is 0. The molecule has 0 saturated carbocycles. The number of fused-ring (bicyclic) bond motifs is 1. The van der Waals surface area contributed by atoms with Crippen LogP contribution in [-0.2, 0) is 12.8 Å². The van der Waals surface area contributed by atoms with E-state index >= 15 is 0 Å². The minimum absolute atomic E-state index is 1.08. The molecule has 1 aliphatic rings. The molecule has 0 fully saturated rings. The van der Waals surface area contributed by atoms with Crippen LogP contribution in [0.3, 0.4) is 0 Å². The Labute approximate surface area is 98.5 Å². The smallest absolute Gasteiger partial charge is 0.129 e. The quantitative estimate of drug-likeness (QED) is 0.782. The van der Waals surface area contributed by atoms with E-state index in [0.717, 1.165) is 18.8 Å². The van der Waals surface area contributed by atoms with Crippen LogP contribution in [0.5, 0.6) is 0 Å². The fraction of sp³-hybridized carbons (Fsp3) is 0.643. The Bertz CT molecular complexity index is 334. The van der Waals surface area contributed by atoms with Gasteiger partial charge in [-0.15, -0.1) is 0 Å². The van der Waals surface area contributed by atoms with Gasteiger partial charge in [0.15, 0.2) is 0 Å². The van der Waals surface area contributed by atoms with Crippen molar-refractivity contribution < 1.29 is 0 Å². The Morgan fingerprint density at radius 2 is 2.19 bits per heavy atom. The summed E-state index contributed by atoms with van der Waals surface area (Å²) in [6.45, 7) is 3.32. The van der Waals surface area contributed by atoms with Crippen LogP contribution >= 0.6 is 0 Å². The summed E-state index contributed by atoms with van der Waals surface area (Å²) in [4.78, 5) is 4.73. The molecule has 0 unspecified atom stereocenters. The Morgan fingerprint density at radius 3 is 3.06 bits per heavy atom. The number of aromatic nitrogens is 1. The van der Waals surface area contributed by atoms with Crippen LogP contribution in [0.1, 0.15) is 50.3 Å². The minimum Gasteiger partial charge on any atom is -0.370 e. The first-order valence-corrected chi connectivity index (χ1v) is 6.63. The molecular formula is C14H22N2. The summed E-state index contributed by atoms with van der Waals surface area (Å²) in [6, 6.07) is 4.48. The van der Waals surface area contributed by atoms with Crippen molar-refractivity contribution in [1.29, 1.82) is 0 Å². The van der Waals surface area contributed by atoms with Crippen molar-refractivity contribution in [2.24, 2.45) is 0 Å². The molecule has 1 aromatic heterocycles. The van der Waals surface area contributed by atoms with Crippen molar-refractivity contribution >= 4 is 5.82 Å². The van der Waals surface area contributed by atoms with Gasteiger partial charge in [-0.3, -0.25) is 0 Å². The molecule has 1 aromatic rings. The predicted octanol–water partition coefficient (Wildman–Crippen LogP) is 3.56. The lowest BCUT2D eigenvalue weighted by molar-refractivity contribution is 0.707. The minimum atomic E-state index is 1.08. The van der Waals surface area contributed by atoms with Gasteiger partial charge in [0.05, 0.1) is 0 Å². The van der Waals surface area contributed by atoms with Gasteiger partial charge in [-0.2, -0.15) is 0 Å². The zero-order chi connectivity index (χ0) is 11.2. The van der Waals surface area contributed by atoms with E-state index in [4.69, 9.17) is 4.98 Å². The highest BCUT2D eigenvalue weighted by atomic mass is 15.0. The number of nitrogens with zero attached hydrogens (tertiary/aromatic N) is 1. The maximum absolute atomic E-state index is 4.73. The van der Waals surface area contributed by atoms with Crippen molar-refractivity contribution in [3.05, 3.63) is 23.4 Å². The average Bonchev–Trinajstić information content (AvgIpc) is 2.54. The fourth-order valence-corrected chi connectivity index (χ4v) is 2.23. The molecule has 2 heteroatoms. The van der Waals surface area contributed by atoms with E-state index in [0.29, 0.717) is 0 Å². The van der Waals surface area contributed by atoms with Crippen molar-refractivity contribution in [2.75, 3.05) is 11.9 Å². The molecule has 2 nitrogen and oxygen atoms in total. The normalized spacial score (nSPS) is 15.1. The van der Waals surface area contributed by atoms with Crippen LogP contribution in [0.2, 0.25) is 0 Å². The molecule has 1 N–H and O–H groups in total. The van der Waals surface area contributed by atoms with Crippen LogP contribution in [0, 0.1) is 0 Å². The van der Waals surface area contributed by atoms with E-state index in [1.807, 2.05) is 0 Å². The maximum Gasteiger partial charge on any atom is 0.129 e. The predicted molar refractivity (Wildman–Crippen MR) is 68.9 cm³/mol. The third kappa shape index (κ3) is 2.97. The van der Waals surface area contributed by atoms with Gasteiger partial charge in [-0.1, -0.05) is 25.8 Å². The molecule has 1 aliphatic heterocycles. The Hall–Kier alpha value is -1.05. The molecule has 0 aliphatic carbocycles. The molecule has 2 rings (SSSR count). The van der Waals surface area contributed by atoms with Gasteiger partial charge in [-0.05, 0) is 43.7 Å². The number of anilines is 1. The fourth-order valence-electron chi connectivity index (χ4n) is 2.23. The number of hydrogen-bond donors (Lipinski definition) is 1. The zero-order valence-electron chi connectivity index (χ0n) is 10.3. The summed E-state index contributed by atoms with van der Waals surface area (Å²) >= 11 is 0. The number of pyridine rings is 1. The van der Waals surface area contributed by atoms with Crippen LogP contribution in [0.15, 0.2) is 12.1 Å². The summed E-state index contributed by atoms with van der Waals surface area (Å²) < 4.78 is 0. The van der Waals surface area contributed by atoms with Gasteiger partial charge in [0, 0.05) is 12.2 Å². The van der Waals surface area contributed by atoms with Crippen molar-refractivity contribution in [1.82, 2.24) is 4.98 Å². The van der Waals surface area contributed by atoms with Gasteiger partial charge in [-0.25, -0.2) is 4.98 Å². The van der Waals surface area contributed by atoms with Gasteiger partial charge >= 0.3 is 0 Å². The van der Waals surface area contributed by atoms with E-state index in [-0.39, 0.29) is 0 Å². The highest BCUT2D eigenvalue weighted by Crippen LogP contribution is 2.20. The average molecular weight is 218 g/mol. The van der Waals surface area contributed by atoms with E-state index in [2.05, 4.69) is 24.4 Å². The van der Waals surface area contributed by atoms with E-state index < -0.39 is 0 Å². The summed E-state index contributed by atoms with van der Waals surface area (Å²) in [5.74, 6) is 1.14. The highest BCUT2D eigenvalue weighted by Gasteiger charge is 2.08. The lowest BCUT2D eigenvalue weighted by atomic mass is 10.1. The molecule has 0 bridgehead atoms. The number of nitrogens with one attached hydrogen (secondary N) is 1. The monoisotopic (exact) mass is 218 g/mol. The van der Waals surface area contributed by atoms with Crippen molar-refractivity contribution in [3.63, 3.8) is 0 Å². The molecule has 0 spiro atoms. The molecular weight excluding hydrogens is 196 g/mol. The third-order valence-corrected chi connectivity index (χ3v) is 3.24. The molecule has 16 heavy (non-hydrogen) atoms. The van der Waals surface area contributed by atoms with Crippen LogP contribution in [0.4, 0.5) is 5.82 Å². The molecule has 0 saturated heterocycles. The lowest BCUT2D eigenvalue weighted by Crippen LogP contribution is -2.04. The lowest BCUT2D eigenvalue weighted by Gasteiger charge is -2.08. The number of hydrogen-bond acceptors (Lipinski definition) is 2. The first kappa shape index (κ1) is 11.4. The van der Waals surface area contributed by atoms with E-state index in [9.17, 15) is 0 Å². The number of unbranched alkanes of at least 4 members (excludes halogenated alkanes) is 2. The van der Waals surface area contributed by atoms with Gasteiger partial charge in [0.1, 0.15) is 5.82 Å². The molecule has 88 valence electrons. The number of aryl methyl sites for hydroxylation is 2. The van der Waals surface area contributed by atoms with Gasteiger partial charge in [0.25, 0.3) is 0 Å². The molecule has 0 atom stereocenters. The van der Waals surface area contributed by atoms with Crippen molar-refractivity contribution in [2.45, 2.75) is 51.9 Å². The SMILES string of the molecule is CCCCCc1ccc2c(n1)NCCCC2. The molecule has 0 amide bonds. The second-order valence-corrected chi connectivity index (χ2v) is 4.65. The summed E-state index contributed by atoms with van der Waals surface area (Å²) in [6.07, 6.45) is 8.73. The second-order valence-electron chi connectivity index (χ2n) is 4.65. The van der Waals surface area contributed by atoms with Gasteiger partial charge < -0.3 is 5.32 Å². The maximum atomic E-state index is 4.73. The van der Waals surface area contributed by atoms with Crippen LogP contribution in [-0.4, -0.2) is 11.5 Å². The third-order valence-electron chi connectivity index (χ3n) is 3.24. The van der Waals surface area contributed by atoms with E-state index in [1.54, 1.807) is 0 Å².